The minimum atomic E-state index is -0.0384. The molecule has 5 heteroatoms. The number of benzene rings is 1. The van der Waals surface area contributed by atoms with Gasteiger partial charge in [-0.1, -0.05) is 26.0 Å². The lowest BCUT2D eigenvalue weighted by Crippen LogP contribution is -2.14. The zero-order valence-electron chi connectivity index (χ0n) is 11.8. The summed E-state index contributed by atoms with van der Waals surface area (Å²) in [4.78, 5) is 12.0. The first kappa shape index (κ1) is 14.1. The van der Waals surface area contributed by atoms with E-state index in [0.29, 0.717) is 12.2 Å². The van der Waals surface area contributed by atoms with Crippen molar-refractivity contribution in [2.24, 2.45) is 0 Å². The van der Waals surface area contributed by atoms with Gasteiger partial charge in [0.15, 0.2) is 5.82 Å². The highest BCUT2D eigenvalue weighted by molar-refractivity contribution is 5.90. The summed E-state index contributed by atoms with van der Waals surface area (Å²) in [6.45, 7) is 4.05. The van der Waals surface area contributed by atoms with Crippen molar-refractivity contribution >= 4 is 17.4 Å². The first-order valence-electron chi connectivity index (χ1n) is 6.78. The standard InChI is InChI=1S/C15H20N4O/c1-3-13-9-14(19-18-13)17-15(20)8-10(2)11-4-6-12(16)7-5-11/h4-7,9-10H,3,8,16H2,1-2H3,(H2,17,18,19,20). The molecule has 20 heavy (non-hydrogen) atoms. The summed E-state index contributed by atoms with van der Waals surface area (Å²) in [5.41, 5.74) is 8.49. The largest absolute Gasteiger partial charge is 0.399 e. The number of aromatic amines is 1. The Hall–Kier alpha value is -2.30. The highest BCUT2D eigenvalue weighted by atomic mass is 16.1. The molecule has 0 spiro atoms. The summed E-state index contributed by atoms with van der Waals surface area (Å²) in [6.07, 6.45) is 1.28. The number of anilines is 2. The molecular weight excluding hydrogens is 252 g/mol. The van der Waals surface area contributed by atoms with E-state index in [-0.39, 0.29) is 11.8 Å². The fraction of sp³-hybridized carbons (Fsp3) is 0.333. The molecule has 2 rings (SSSR count). The number of hydrogen-bond donors (Lipinski definition) is 3. The van der Waals surface area contributed by atoms with Crippen LogP contribution in [0.2, 0.25) is 0 Å². The molecular formula is C15H20N4O. The first-order chi connectivity index (χ1) is 9.58. The predicted octanol–water partition coefficient (Wildman–Crippen LogP) is 2.69. The summed E-state index contributed by atoms with van der Waals surface area (Å²) < 4.78 is 0. The predicted molar refractivity (Wildman–Crippen MR) is 80.5 cm³/mol. The molecule has 1 aromatic carbocycles. The first-order valence-corrected chi connectivity index (χ1v) is 6.78. The maximum absolute atomic E-state index is 12.0. The fourth-order valence-corrected chi connectivity index (χ4v) is 2.02. The van der Waals surface area contributed by atoms with Crippen molar-refractivity contribution < 1.29 is 4.79 Å². The Bertz CT molecular complexity index is 574. The topological polar surface area (TPSA) is 83.8 Å². The second kappa shape index (κ2) is 6.23. The Morgan fingerprint density at radius 2 is 2.10 bits per heavy atom. The maximum atomic E-state index is 12.0. The molecule has 106 valence electrons. The second-order valence-electron chi connectivity index (χ2n) is 4.95. The van der Waals surface area contributed by atoms with E-state index in [1.54, 1.807) is 0 Å². The molecule has 0 saturated carbocycles. The number of aromatic nitrogens is 2. The average Bonchev–Trinajstić information content (AvgIpc) is 2.86. The SMILES string of the molecule is CCc1cc(NC(=O)CC(C)c2ccc(N)cc2)n[nH]1. The van der Waals surface area contributed by atoms with Crippen molar-refractivity contribution in [2.75, 3.05) is 11.1 Å². The van der Waals surface area contributed by atoms with E-state index < -0.39 is 0 Å². The Labute approximate surface area is 118 Å². The smallest absolute Gasteiger partial charge is 0.226 e. The number of H-pyrrole nitrogens is 1. The highest BCUT2D eigenvalue weighted by Crippen LogP contribution is 2.20. The lowest BCUT2D eigenvalue weighted by Gasteiger charge is -2.11. The average molecular weight is 272 g/mol. The summed E-state index contributed by atoms with van der Waals surface area (Å²) in [6, 6.07) is 9.47. The van der Waals surface area contributed by atoms with Crippen molar-refractivity contribution in [3.8, 4) is 0 Å². The van der Waals surface area contributed by atoms with Crippen LogP contribution in [0.3, 0.4) is 0 Å². The summed E-state index contributed by atoms with van der Waals surface area (Å²) in [5.74, 6) is 0.681. The Balaban J connectivity index is 1.92. The van der Waals surface area contributed by atoms with E-state index in [4.69, 9.17) is 5.73 Å². The van der Waals surface area contributed by atoms with Gasteiger partial charge in [0.25, 0.3) is 0 Å². The van der Waals surface area contributed by atoms with Crippen molar-refractivity contribution in [1.29, 1.82) is 0 Å². The molecule has 2 aromatic rings. The fourth-order valence-electron chi connectivity index (χ4n) is 2.02. The Kier molecular flexibility index (Phi) is 4.40. The van der Waals surface area contributed by atoms with Gasteiger partial charge in [0.2, 0.25) is 5.91 Å². The number of aryl methyl sites for hydroxylation is 1. The van der Waals surface area contributed by atoms with Crippen LogP contribution in [0, 0.1) is 0 Å². The van der Waals surface area contributed by atoms with Gasteiger partial charge in [-0.2, -0.15) is 5.10 Å². The van der Waals surface area contributed by atoms with Gasteiger partial charge >= 0.3 is 0 Å². The van der Waals surface area contributed by atoms with Crippen LogP contribution in [0.1, 0.15) is 37.4 Å². The molecule has 1 heterocycles. The van der Waals surface area contributed by atoms with Crippen molar-refractivity contribution in [3.63, 3.8) is 0 Å². The van der Waals surface area contributed by atoms with Gasteiger partial charge in [0.1, 0.15) is 0 Å². The van der Waals surface area contributed by atoms with Gasteiger partial charge in [0.05, 0.1) is 0 Å². The quantitative estimate of drug-likeness (QED) is 0.732. The van der Waals surface area contributed by atoms with E-state index in [9.17, 15) is 4.79 Å². The van der Waals surface area contributed by atoms with Gasteiger partial charge in [-0.05, 0) is 30.0 Å². The molecule has 0 aliphatic heterocycles. The van der Waals surface area contributed by atoms with Crippen LogP contribution in [0.25, 0.3) is 0 Å². The summed E-state index contributed by atoms with van der Waals surface area (Å²) >= 11 is 0. The highest BCUT2D eigenvalue weighted by Gasteiger charge is 2.12. The number of carbonyl (C=O) groups is 1. The van der Waals surface area contributed by atoms with Crippen LogP contribution in [0.15, 0.2) is 30.3 Å². The van der Waals surface area contributed by atoms with Crippen LogP contribution in [-0.4, -0.2) is 16.1 Å². The number of hydrogen-bond acceptors (Lipinski definition) is 3. The third-order valence-electron chi connectivity index (χ3n) is 3.28. The molecule has 1 amide bonds. The molecule has 0 saturated heterocycles. The maximum Gasteiger partial charge on any atom is 0.226 e. The Morgan fingerprint density at radius 3 is 2.70 bits per heavy atom. The molecule has 0 radical (unpaired) electrons. The normalized spacial score (nSPS) is 12.1. The number of nitrogens with two attached hydrogens (primary N) is 1. The van der Waals surface area contributed by atoms with Gasteiger partial charge in [-0.15, -0.1) is 0 Å². The molecule has 1 unspecified atom stereocenters. The monoisotopic (exact) mass is 272 g/mol. The molecule has 0 aliphatic rings. The van der Waals surface area contributed by atoms with Crippen LogP contribution in [0.5, 0.6) is 0 Å². The van der Waals surface area contributed by atoms with E-state index in [1.165, 1.54) is 0 Å². The number of nitrogens with one attached hydrogen (secondary N) is 2. The lowest BCUT2D eigenvalue weighted by atomic mass is 9.97. The van der Waals surface area contributed by atoms with E-state index in [2.05, 4.69) is 15.5 Å². The van der Waals surface area contributed by atoms with Gasteiger partial charge in [0, 0.05) is 23.9 Å². The third kappa shape index (κ3) is 3.60. The molecule has 0 aliphatic carbocycles. The van der Waals surface area contributed by atoms with Crippen molar-refractivity contribution in [1.82, 2.24) is 10.2 Å². The zero-order chi connectivity index (χ0) is 14.5. The summed E-state index contributed by atoms with van der Waals surface area (Å²) in [7, 11) is 0. The van der Waals surface area contributed by atoms with E-state index in [1.807, 2.05) is 44.2 Å². The van der Waals surface area contributed by atoms with E-state index >= 15 is 0 Å². The number of nitrogen functional groups attached to an aromatic ring is 1. The molecule has 1 aromatic heterocycles. The second-order valence-corrected chi connectivity index (χ2v) is 4.95. The number of carbonyl (C=O) groups excluding carboxylic acids is 1. The van der Waals surface area contributed by atoms with Crippen molar-refractivity contribution in [2.45, 2.75) is 32.6 Å². The molecule has 0 bridgehead atoms. The summed E-state index contributed by atoms with van der Waals surface area (Å²) in [5, 5.41) is 9.72. The number of nitrogens with zero attached hydrogens (tertiary/aromatic N) is 1. The molecule has 5 nitrogen and oxygen atoms in total. The van der Waals surface area contributed by atoms with E-state index in [0.717, 1.165) is 23.4 Å². The minimum absolute atomic E-state index is 0.0384. The number of rotatable bonds is 5. The minimum Gasteiger partial charge on any atom is -0.399 e. The molecule has 0 fully saturated rings. The van der Waals surface area contributed by atoms with Crippen LogP contribution in [-0.2, 0) is 11.2 Å². The molecule has 4 N–H and O–H groups in total. The van der Waals surface area contributed by atoms with Crippen LogP contribution in [0.4, 0.5) is 11.5 Å². The number of amides is 1. The molecule has 1 atom stereocenters. The van der Waals surface area contributed by atoms with Gasteiger partial charge in [-0.3, -0.25) is 9.89 Å². The van der Waals surface area contributed by atoms with Gasteiger partial charge in [-0.25, -0.2) is 0 Å². The van der Waals surface area contributed by atoms with Crippen LogP contribution < -0.4 is 11.1 Å². The van der Waals surface area contributed by atoms with Gasteiger partial charge < -0.3 is 11.1 Å². The van der Waals surface area contributed by atoms with Crippen molar-refractivity contribution in [3.05, 3.63) is 41.6 Å². The third-order valence-corrected chi connectivity index (χ3v) is 3.28. The zero-order valence-corrected chi connectivity index (χ0v) is 11.8. The lowest BCUT2D eigenvalue weighted by molar-refractivity contribution is -0.116. The van der Waals surface area contributed by atoms with Crippen LogP contribution >= 0.6 is 0 Å². The Morgan fingerprint density at radius 1 is 1.40 bits per heavy atom.